The molecule has 22 heavy (non-hydrogen) atoms. The van der Waals surface area contributed by atoms with Gasteiger partial charge in [0.2, 0.25) is 0 Å². The molecule has 2 aromatic carbocycles. The minimum atomic E-state index is -1.02. The van der Waals surface area contributed by atoms with Crippen molar-refractivity contribution in [1.29, 1.82) is 0 Å². The lowest BCUT2D eigenvalue weighted by molar-refractivity contribution is 0.0692. The van der Waals surface area contributed by atoms with Crippen molar-refractivity contribution in [1.82, 2.24) is 9.55 Å². The van der Waals surface area contributed by atoms with Crippen LogP contribution in [0, 0.1) is 0 Å². The van der Waals surface area contributed by atoms with Gasteiger partial charge in [0.15, 0.2) is 5.69 Å². The SMILES string of the molecule is C[C@H](c1ccccc1)n1cnc(C(=O)O)c1-c1ccccc1. The zero-order valence-corrected chi connectivity index (χ0v) is 12.2. The number of rotatable bonds is 4. The van der Waals surface area contributed by atoms with Crippen molar-refractivity contribution in [2.45, 2.75) is 13.0 Å². The predicted octanol–water partition coefficient (Wildman–Crippen LogP) is 3.86. The van der Waals surface area contributed by atoms with E-state index in [2.05, 4.69) is 4.98 Å². The van der Waals surface area contributed by atoms with Crippen molar-refractivity contribution >= 4 is 5.97 Å². The molecule has 1 N–H and O–H groups in total. The van der Waals surface area contributed by atoms with Crippen LogP contribution < -0.4 is 0 Å². The Labute approximate surface area is 128 Å². The molecule has 0 unspecified atom stereocenters. The average molecular weight is 292 g/mol. The first kappa shape index (κ1) is 14.1. The van der Waals surface area contributed by atoms with E-state index in [1.807, 2.05) is 72.2 Å². The van der Waals surface area contributed by atoms with Gasteiger partial charge in [-0.3, -0.25) is 0 Å². The molecule has 0 aliphatic carbocycles. The van der Waals surface area contributed by atoms with Gasteiger partial charge in [0.25, 0.3) is 0 Å². The number of benzene rings is 2. The first-order chi connectivity index (χ1) is 10.7. The van der Waals surface area contributed by atoms with Gasteiger partial charge < -0.3 is 9.67 Å². The Balaban J connectivity index is 2.15. The summed E-state index contributed by atoms with van der Waals surface area (Å²) in [4.78, 5) is 15.6. The molecule has 1 atom stereocenters. The average Bonchev–Trinajstić information content (AvgIpc) is 3.01. The third-order valence-corrected chi connectivity index (χ3v) is 3.74. The molecule has 1 aromatic heterocycles. The van der Waals surface area contributed by atoms with Crippen molar-refractivity contribution in [3.63, 3.8) is 0 Å². The van der Waals surface area contributed by atoms with Gasteiger partial charge in [-0.05, 0) is 12.5 Å². The summed E-state index contributed by atoms with van der Waals surface area (Å²) in [7, 11) is 0. The number of hydrogen-bond acceptors (Lipinski definition) is 2. The first-order valence-electron chi connectivity index (χ1n) is 7.09. The molecular weight excluding hydrogens is 276 g/mol. The van der Waals surface area contributed by atoms with Crippen molar-refractivity contribution < 1.29 is 9.90 Å². The second kappa shape index (κ2) is 5.85. The number of aromatic nitrogens is 2. The van der Waals surface area contributed by atoms with Gasteiger partial charge in [0.1, 0.15) is 0 Å². The van der Waals surface area contributed by atoms with Crippen LogP contribution in [0.5, 0.6) is 0 Å². The molecule has 3 rings (SSSR count). The van der Waals surface area contributed by atoms with Gasteiger partial charge in [-0.15, -0.1) is 0 Å². The topological polar surface area (TPSA) is 55.1 Å². The summed E-state index contributed by atoms with van der Waals surface area (Å²) >= 11 is 0. The van der Waals surface area contributed by atoms with Gasteiger partial charge in [0.05, 0.1) is 18.1 Å². The minimum absolute atomic E-state index is 0.00277. The second-order valence-electron chi connectivity index (χ2n) is 5.11. The molecule has 0 bridgehead atoms. The summed E-state index contributed by atoms with van der Waals surface area (Å²) in [6, 6.07) is 19.5. The van der Waals surface area contributed by atoms with Crippen LogP contribution in [-0.4, -0.2) is 20.6 Å². The fraction of sp³-hybridized carbons (Fsp3) is 0.111. The van der Waals surface area contributed by atoms with E-state index in [0.29, 0.717) is 5.69 Å². The molecule has 0 aliphatic heterocycles. The molecule has 0 amide bonds. The first-order valence-corrected chi connectivity index (χ1v) is 7.09. The number of nitrogens with zero attached hydrogens (tertiary/aromatic N) is 2. The monoisotopic (exact) mass is 292 g/mol. The Hall–Kier alpha value is -2.88. The Morgan fingerprint density at radius 2 is 1.64 bits per heavy atom. The smallest absolute Gasteiger partial charge is 0.356 e. The van der Waals surface area contributed by atoms with Gasteiger partial charge in [0, 0.05) is 5.56 Å². The quantitative estimate of drug-likeness (QED) is 0.794. The number of carboxylic acids is 1. The van der Waals surface area contributed by atoms with Crippen LogP contribution in [0.3, 0.4) is 0 Å². The molecule has 0 saturated heterocycles. The van der Waals surface area contributed by atoms with Gasteiger partial charge >= 0.3 is 5.97 Å². The zero-order valence-electron chi connectivity index (χ0n) is 12.2. The Morgan fingerprint density at radius 3 is 2.23 bits per heavy atom. The van der Waals surface area contributed by atoms with Crippen molar-refractivity contribution in [3.05, 3.63) is 78.2 Å². The summed E-state index contributed by atoms with van der Waals surface area (Å²) in [5, 5.41) is 9.42. The highest BCUT2D eigenvalue weighted by atomic mass is 16.4. The van der Waals surface area contributed by atoms with Gasteiger partial charge in [-0.25, -0.2) is 9.78 Å². The highest BCUT2D eigenvalue weighted by Crippen LogP contribution is 2.29. The Kier molecular flexibility index (Phi) is 3.74. The Morgan fingerprint density at radius 1 is 1.05 bits per heavy atom. The highest BCUT2D eigenvalue weighted by Gasteiger charge is 2.21. The predicted molar refractivity (Wildman–Crippen MR) is 84.9 cm³/mol. The molecule has 3 aromatic rings. The maximum absolute atomic E-state index is 11.5. The second-order valence-corrected chi connectivity index (χ2v) is 5.11. The van der Waals surface area contributed by atoms with Crippen LogP contribution in [0.15, 0.2) is 67.0 Å². The molecule has 0 spiro atoms. The van der Waals surface area contributed by atoms with E-state index in [4.69, 9.17) is 0 Å². The van der Waals surface area contributed by atoms with E-state index in [-0.39, 0.29) is 11.7 Å². The van der Waals surface area contributed by atoms with Crippen molar-refractivity contribution in [2.24, 2.45) is 0 Å². The fourth-order valence-corrected chi connectivity index (χ4v) is 2.59. The number of hydrogen-bond donors (Lipinski definition) is 1. The zero-order chi connectivity index (χ0) is 15.5. The van der Waals surface area contributed by atoms with Crippen LogP contribution in [-0.2, 0) is 0 Å². The van der Waals surface area contributed by atoms with Crippen molar-refractivity contribution in [2.75, 3.05) is 0 Å². The largest absolute Gasteiger partial charge is 0.476 e. The fourth-order valence-electron chi connectivity index (χ4n) is 2.59. The molecule has 0 fully saturated rings. The number of carbonyl (C=O) groups is 1. The third-order valence-electron chi connectivity index (χ3n) is 3.74. The van der Waals surface area contributed by atoms with E-state index in [1.165, 1.54) is 0 Å². The summed E-state index contributed by atoms with van der Waals surface area (Å²) in [5.41, 5.74) is 2.66. The van der Waals surface area contributed by atoms with Crippen LogP contribution in [0.4, 0.5) is 0 Å². The van der Waals surface area contributed by atoms with Gasteiger partial charge in [-0.2, -0.15) is 0 Å². The summed E-state index contributed by atoms with van der Waals surface area (Å²) < 4.78 is 1.91. The van der Waals surface area contributed by atoms with E-state index >= 15 is 0 Å². The molecule has 110 valence electrons. The lowest BCUT2D eigenvalue weighted by Gasteiger charge is -2.17. The van der Waals surface area contributed by atoms with E-state index < -0.39 is 5.97 Å². The maximum Gasteiger partial charge on any atom is 0.356 e. The molecule has 0 radical (unpaired) electrons. The Bertz CT molecular complexity index is 779. The molecule has 4 heteroatoms. The lowest BCUT2D eigenvalue weighted by atomic mass is 10.1. The van der Waals surface area contributed by atoms with Crippen LogP contribution in [0.25, 0.3) is 11.3 Å². The summed E-state index contributed by atoms with van der Waals surface area (Å²) in [5.74, 6) is -1.02. The molecule has 1 heterocycles. The third kappa shape index (κ3) is 2.51. The molecule has 4 nitrogen and oxygen atoms in total. The molecular formula is C18H16N2O2. The number of aromatic carboxylic acids is 1. The maximum atomic E-state index is 11.5. The van der Waals surface area contributed by atoms with Gasteiger partial charge in [-0.1, -0.05) is 60.7 Å². The normalized spacial score (nSPS) is 12.0. The number of imidazole rings is 1. The lowest BCUT2D eigenvalue weighted by Crippen LogP contribution is -2.09. The van der Waals surface area contributed by atoms with E-state index in [9.17, 15) is 9.90 Å². The van der Waals surface area contributed by atoms with Crippen LogP contribution in [0.1, 0.15) is 29.0 Å². The minimum Gasteiger partial charge on any atom is -0.476 e. The molecule has 0 aliphatic rings. The van der Waals surface area contributed by atoms with Crippen molar-refractivity contribution in [3.8, 4) is 11.3 Å². The highest BCUT2D eigenvalue weighted by molar-refractivity contribution is 5.93. The van der Waals surface area contributed by atoms with Crippen LogP contribution >= 0.6 is 0 Å². The van der Waals surface area contributed by atoms with Crippen LogP contribution in [0.2, 0.25) is 0 Å². The standard InChI is InChI=1S/C18H16N2O2/c1-13(14-8-4-2-5-9-14)20-12-19-16(18(21)22)17(20)15-10-6-3-7-11-15/h2-13H,1H3,(H,21,22)/t13-/m1/s1. The van der Waals surface area contributed by atoms with E-state index in [1.54, 1.807) is 6.33 Å². The summed E-state index contributed by atoms with van der Waals surface area (Å²) in [6.45, 7) is 2.04. The number of carboxylic acid groups (broad SMARTS) is 1. The molecule has 0 saturated carbocycles. The summed E-state index contributed by atoms with van der Waals surface area (Å²) in [6.07, 6.45) is 1.60. The van der Waals surface area contributed by atoms with E-state index in [0.717, 1.165) is 11.1 Å².